The molecule has 0 aromatic rings. The van der Waals surface area contributed by atoms with Crippen LogP contribution in [0.25, 0.3) is 0 Å². The van der Waals surface area contributed by atoms with Gasteiger partial charge in [0.2, 0.25) is 0 Å². The molecule has 2 N–H and O–H groups in total. The van der Waals surface area contributed by atoms with Gasteiger partial charge in [-0.2, -0.15) is 0 Å². The van der Waals surface area contributed by atoms with Crippen molar-refractivity contribution in [3.63, 3.8) is 0 Å². The second kappa shape index (κ2) is 11.7. The van der Waals surface area contributed by atoms with E-state index >= 15 is 0 Å². The van der Waals surface area contributed by atoms with Crippen LogP contribution in [-0.4, -0.2) is 7.05 Å². The van der Waals surface area contributed by atoms with Crippen LogP contribution in [0.4, 0.5) is 0 Å². The summed E-state index contributed by atoms with van der Waals surface area (Å²) < 4.78 is 0. The molecule has 0 aliphatic rings. The standard InChI is InChI=1S/C5H12.C3H8.CH5N/c1-5(2,3)4;1-3-2;1-2/h1-4H3;3H2,1-2H3;2H2,1H3. The van der Waals surface area contributed by atoms with Crippen molar-refractivity contribution in [3.05, 3.63) is 0 Å². The Bertz CT molecular complexity index is 28.5. The van der Waals surface area contributed by atoms with Crippen molar-refractivity contribution in [1.29, 1.82) is 0 Å². The summed E-state index contributed by atoms with van der Waals surface area (Å²) in [6.45, 7) is 13.0. The Balaban J connectivity index is -0.0000000847. The number of rotatable bonds is 0. The lowest BCUT2D eigenvalue weighted by molar-refractivity contribution is 0.469. The predicted molar refractivity (Wildman–Crippen MR) is 51.2 cm³/mol. The van der Waals surface area contributed by atoms with E-state index in [1.54, 1.807) is 0 Å². The van der Waals surface area contributed by atoms with Crippen molar-refractivity contribution in [3.8, 4) is 0 Å². The van der Waals surface area contributed by atoms with Crippen LogP contribution in [0, 0.1) is 5.41 Å². The van der Waals surface area contributed by atoms with Gasteiger partial charge in [0.15, 0.2) is 0 Å². The van der Waals surface area contributed by atoms with Crippen molar-refractivity contribution in [1.82, 2.24) is 0 Å². The zero-order valence-corrected chi connectivity index (χ0v) is 8.78. The number of hydrogen-bond acceptors (Lipinski definition) is 1. The molecular weight excluding hydrogens is 122 g/mol. The van der Waals surface area contributed by atoms with E-state index < -0.39 is 0 Å². The average Bonchev–Trinajstić information content (AvgIpc) is 1.68. The van der Waals surface area contributed by atoms with Gasteiger partial charge in [0, 0.05) is 0 Å². The van der Waals surface area contributed by atoms with Gasteiger partial charge in [0.1, 0.15) is 0 Å². The van der Waals surface area contributed by atoms with Gasteiger partial charge in [-0.25, -0.2) is 0 Å². The molecular formula is C9H25N. The Morgan fingerprint density at radius 2 is 0.900 bits per heavy atom. The second-order valence-electron chi connectivity index (χ2n) is 3.71. The molecule has 0 unspecified atom stereocenters. The third-order valence-electron chi connectivity index (χ3n) is 0. The molecule has 0 saturated carbocycles. The summed E-state index contributed by atoms with van der Waals surface area (Å²) in [6, 6.07) is 0. The molecule has 1 nitrogen and oxygen atoms in total. The minimum atomic E-state index is 0.500. The van der Waals surface area contributed by atoms with Gasteiger partial charge in [-0.15, -0.1) is 0 Å². The van der Waals surface area contributed by atoms with Crippen molar-refractivity contribution in [2.75, 3.05) is 7.05 Å². The van der Waals surface area contributed by atoms with E-state index in [-0.39, 0.29) is 0 Å². The van der Waals surface area contributed by atoms with Crippen LogP contribution in [0.1, 0.15) is 48.0 Å². The second-order valence-corrected chi connectivity index (χ2v) is 3.71. The van der Waals surface area contributed by atoms with Crippen LogP contribution in [0.3, 0.4) is 0 Å². The highest BCUT2D eigenvalue weighted by atomic mass is 14.4. The van der Waals surface area contributed by atoms with Crippen LogP contribution in [0.2, 0.25) is 0 Å². The molecule has 0 radical (unpaired) electrons. The van der Waals surface area contributed by atoms with Crippen LogP contribution in [0.5, 0.6) is 0 Å². The quantitative estimate of drug-likeness (QED) is 0.560. The molecule has 66 valence electrons. The zero-order valence-electron chi connectivity index (χ0n) is 8.78. The van der Waals surface area contributed by atoms with E-state index in [0.29, 0.717) is 5.41 Å². The molecule has 1 heteroatoms. The summed E-state index contributed by atoms with van der Waals surface area (Å²) in [5.74, 6) is 0. The first-order valence-electron chi connectivity index (χ1n) is 3.99. The van der Waals surface area contributed by atoms with Gasteiger partial charge >= 0.3 is 0 Å². The fraction of sp³-hybridized carbons (Fsp3) is 1.00. The minimum absolute atomic E-state index is 0.500. The third-order valence-corrected chi connectivity index (χ3v) is 0. The molecule has 0 aromatic carbocycles. The first kappa shape index (κ1) is 16.5. The zero-order chi connectivity index (χ0) is 9.21. The van der Waals surface area contributed by atoms with Gasteiger partial charge in [0.05, 0.1) is 0 Å². The SMILES string of the molecule is CC(C)(C)C.CCC.CN. The Morgan fingerprint density at radius 3 is 0.900 bits per heavy atom. The lowest BCUT2D eigenvalue weighted by Gasteiger charge is -2.05. The topological polar surface area (TPSA) is 26.0 Å². The molecule has 0 aliphatic carbocycles. The average molecular weight is 147 g/mol. The molecule has 0 bridgehead atoms. The largest absolute Gasteiger partial charge is 0.333 e. The van der Waals surface area contributed by atoms with E-state index in [9.17, 15) is 0 Å². The molecule has 0 saturated heterocycles. The first-order chi connectivity index (χ1) is 4.41. The summed E-state index contributed by atoms with van der Waals surface area (Å²) in [7, 11) is 1.50. The Morgan fingerprint density at radius 1 is 0.900 bits per heavy atom. The molecule has 0 aliphatic heterocycles. The van der Waals surface area contributed by atoms with Crippen LogP contribution >= 0.6 is 0 Å². The van der Waals surface area contributed by atoms with Gasteiger partial charge in [-0.1, -0.05) is 48.0 Å². The molecule has 10 heavy (non-hydrogen) atoms. The monoisotopic (exact) mass is 147 g/mol. The summed E-state index contributed by atoms with van der Waals surface area (Å²) in [4.78, 5) is 0. The van der Waals surface area contributed by atoms with Crippen LogP contribution < -0.4 is 5.73 Å². The summed E-state index contributed by atoms with van der Waals surface area (Å²) in [6.07, 6.45) is 1.25. The molecule has 0 spiro atoms. The van der Waals surface area contributed by atoms with E-state index in [0.717, 1.165) is 0 Å². The van der Waals surface area contributed by atoms with Crippen molar-refractivity contribution < 1.29 is 0 Å². The summed E-state index contributed by atoms with van der Waals surface area (Å²) in [5, 5.41) is 0. The van der Waals surface area contributed by atoms with Gasteiger partial charge in [-0.3, -0.25) is 0 Å². The normalized spacial score (nSPS) is 8.40. The van der Waals surface area contributed by atoms with Crippen LogP contribution in [-0.2, 0) is 0 Å². The van der Waals surface area contributed by atoms with E-state index in [4.69, 9.17) is 0 Å². The maximum atomic E-state index is 4.50. The van der Waals surface area contributed by atoms with E-state index in [1.807, 2.05) is 0 Å². The Kier molecular flexibility index (Phi) is 19.3. The fourth-order valence-electron chi connectivity index (χ4n) is 0. The van der Waals surface area contributed by atoms with Gasteiger partial charge in [0.25, 0.3) is 0 Å². The minimum Gasteiger partial charge on any atom is -0.333 e. The lowest BCUT2D eigenvalue weighted by Crippen LogP contribution is -1.93. The molecule has 0 atom stereocenters. The highest BCUT2D eigenvalue weighted by molar-refractivity contribution is 4.47. The van der Waals surface area contributed by atoms with Crippen LogP contribution in [0.15, 0.2) is 0 Å². The first-order valence-corrected chi connectivity index (χ1v) is 3.99. The van der Waals surface area contributed by atoms with Gasteiger partial charge < -0.3 is 5.73 Å². The Hall–Kier alpha value is -0.0400. The van der Waals surface area contributed by atoms with Gasteiger partial charge in [-0.05, 0) is 12.5 Å². The highest BCUT2D eigenvalue weighted by Gasteiger charge is 1.95. The summed E-state index contributed by atoms with van der Waals surface area (Å²) in [5.41, 5.74) is 5.00. The maximum absolute atomic E-state index is 4.50. The van der Waals surface area contributed by atoms with E-state index in [1.165, 1.54) is 13.5 Å². The fourth-order valence-corrected chi connectivity index (χ4v) is 0. The van der Waals surface area contributed by atoms with Crippen molar-refractivity contribution in [2.24, 2.45) is 11.1 Å². The molecule has 0 rings (SSSR count). The molecule has 0 amide bonds. The smallest absolute Gasteiger partial charge is 0.0195 e. The molecule has 0 aromatic heterocycles. The highest BCUT2D eigenvalue weighted by Crippen LogP contribution is 2.07. The lowest BCUT2D eigenvalue weighted by atomic mass is 10.0. The van der Waals surface area contributed by atoms with Crippen molar-refractivity contribution >= 4 is 0 Å². The number of nitrogens with two attached hydrogens (primary N) is 1. The molecule has 0 fully saturated rings. The third kappa shape index (κ3) is 241000. The number of hydrogen-bond donors (Lipinski definition) is 1. The molecule has 0 heterocycles. The van der Waals surface area contributed by atoms with E-state index in [2.05, 4.69) is 47.3 Å². The predicted octanol–water partition coefficient (Wildman–Crippen LogP) is 3.04. The Labute approximate surface area is 67.0 Å². The van der Waals surface area contributed by atoms with Crippen molar-refractivity contribution in [2.45, 2.75) is 48.0 Å². The maximum Gasteiger partial charge on any atom is -0.0195 e. The summed E-state index contributed by atoms with van der Waals surface area (Å²) >= 11 is 0.